The van der Waals surface area contributed by atoms with Crippen LogP contribution in [0, 0.1) is 6.92 Å². The topological polar surface area (TPSA) is 50.4 Å². The maximum atomic E-state index is 11.7. The summed E-state index contributed by atoms with van der Waals surface area (Å²) in [6.45, 7) is 2.61. The van der Waals surface area contributed by atoms with Gasteiger partial charge in [-0.25, -0.2) is 4.79 Å². The molecule has 0 spiro atoms. The molecule has 4 nitrogen and oxygen atoms in total. The van der Waals surface area contributed by atoms with Crippen molar-refractivity contribution in [3.8, 4) is 0 Å². The second-order valence-electron chi connectivity index (χ2n) is 4.06. The Labute approximate surface area is 105 Å². The van der Waals surface area contributed by atoms with E-state index < -0.39 is 0 Å². The van der Waals surface area contributed by atoms with Gasteiger partial charge in [0.1, 0.15) is 6.23 Å². The van der Waals surface area contributed by atoms with Gasteiger partial charge in [-0.3, -0.25) is 0 Å². The van der Waals surface area contributed by atoms with E-state index in [0.29, 0.717) is 11.6 Å². The van der Waals surface area contributed by atoms with Crippen LogP contribution in [-0.4, -0.2) is 18.9 Å². The van der Waals surface area contributed by atoms with Crippen molar-refractivity contribution in [1.82, 2.24) is 5.32 Å². The smallest absolute Gasteiger partial charge is 0.321 e. The van der Waals surface area contributed by atoms with Gasteiger partial charge in [-0.1, -0.05) is 11.6 Å². The van der Waals surface area contributed by atoms with Gasteiger partial charge in [-0.05, 0) is 43.5 Å². The van der Waals surface area contributed by atoms with E-state index in [-0.39, 0.29) is 12.3 Å². The number of rotatable bonds is 2. The first-order valence-corrected chi connectivity index (χ1v) is 5.98. The SMILES string of the molecule is Cc1cc(Cl)ccc1NC(=O)NC1CCCO1. The van der Waals surface area contributed by atoms with Gasteiger partial charge in [0, 0.05) is 17.3 Å². The molecule has 2 rings (SSSR count). The minimum Gasteiger partial charge on any atom is -0.358 e. The summed E-state index contributed by atoms with van der Waals surface area (Å²) in [7, 11) is 0. The van der Waals surface area contributed by atoms with E-state index >= 15 is 0 Å². The molecule has 0 bridgehead atoms. The lowest BCUT2D eigenvalue weighted by atomic mass is 10.2. The van der Waals surface area contributed by atoms with Crippen molar-refractivity contribution in [2.24, 2.45) is 0 Å². The van der Waals surface area contributed by atoms with Crippen LogP contribution in [0.25, 0.3) is 0 Å². The molecule has 0 saturated carbocycles. The molecule has 1 aromatic carbocycles. The molecule has 1 heterocycles. The maximum absolute atomic E-state index is 11.7. The number of carbonyl (C=O) groups is 1. The third kappa shape index (κ3) is 3.35. The largest absolute Gasteiger partial charge is 0.358 e. The summed E-state index contributed by atoms with van der Waals surface area (Å²) >= 11 is 5.84. The molecule has 0 aromatic heterocycles. The summed E-state index contributed by atoms with van der Waals surface area (Å²) in [6, 6.07) is 5.09. The average molecular weight is 255 g/mol. The molecule has 1 aliphatic rings. The standard InChI is InChI=1S/C12H15ClN2O2/c1-8-7-9(13)4-5-10(8)14-12(16)15-11-3-2-6-17-11/h4-5,7,11H,2-3,6H2,1H3,(H2,14,15,16). The summed E-state index contributed by atoms with van der Waals surface area (Å²) in [6.07, 6.45) is 1.69. The number of amides is 2. The summed E-state index contributed by atoms with van der Waals surface area (Å²) in [5, 5.41) is 6.20. The van der Waals surface area contributed by atoms with E-state index in [2.05, 4.69) is 10.6 Å². The zero-order chi connectivity index (χ0) is 12.3. The molecule has 1 saturated heterocycles. The number of nitrogens with one attached hydrogen (secondary N) is 2. The number of anilines is 1. The molecule has 5 heteroatoms. The highest BCUT2D eigenvalue weighted by molar-refractivity contribution is 6.30. The van der Waals surface area contributed by atoms with Gasteiger partial charge >= 0.3 is 6.03 Å². The zero-order valence-corrected chi connectivity index (χ0v) is 10.4. The van der Waals surface area contributed by atoms with E-state index in [1.165, 1.54) is 0 Å². The fourth-order valence-electron chi connectivity index (χ4n) is 1.76. The van der Waals surface area contributed by atoms with Crippen molar-refractivity contribution >= 4 is 23.3 Å². The Morgan fingerprint density at radius 2 is 2.35 bits per heavy atom. The minimum absolute atomic E-state index is 0.164. The highest BCUT2D eigenvalue weighted by Gasteiger charge is 2.17. The quantitative estimate of drug-likeness (QED) is 0.853. The summed E-state index contributed by atoms with van der Waals surface area (Å²) in [5.41, 5.74) is 1.69. The number of hydrogen-bond acceptors (Lipinski definition) is 2. The number of carbonyl (C=O) groups excluding carboxylic acids is 1. The Balaban J connectivity index is 1.93. The number of ether oxygens (including phenoxy) is 1. The molecule has 1 aliphatic heterocycles. The van der Waals surface area contributed by atoms with Crippen molar-refractivity contribution in [3.63, 3.8) is 0 Å². The van der Waals surface area contributed by atoms with E-state index in [1.807, 2.05) is 13.0 Å². The number of aryl methyl sites for hydroxylation is 1. The first kappa shape index (κ1) is 12.2. The van der Waals surface area contributed by atoms with Crippen molar-refractivity contribution in [2.75, 3.05) is 11.9 Å². The van der Waals surface area contributed by atoms with E-state index in [9.17, 15) is 4.79 Å². The van der Waals surface area contributed by atoms with Gasteiger partial charge in [-0.15, -0.1) is 0 Å². The van der Waals surface area contributed by atoms with Crippen molar-refractivity contribution in [2.45, 2.75) is 26.0 Å². The molecule has 1 unspecified atom stereocenters. The number of hydrogen-bond donors (Lipinski definition) is 2. The molecule has 1 fully saturated rings. The fourth-order valence-corrected chi connectivity index (χ4v) is 1.99. The molecular formula is C12H15ClN2O2. The Bertz CT molecular complexity index is 417. The molecule has 1 atom stereocenters. The van der Waals surface area contributed by atoms with Crippen LogP contribution < -0.4 is 10.6 Å². The van der Waals surface area contributed by atoms with Crippen LogP contribution in [-0.2, 0) is 4.74 Å². The molecule has 2 N–H and O–H groups in total. The average Bonchev–Trinajstić information content (AvgIpc) is 2.75. The molecule has 1 aromatic rings. The Morgan fingerprint density at radius 1 is 1.53 bits per heavy atom. The van der Waals surface area contributed by atoms with Crippen LogP contribution in [0.2, 0.25) is 5.02 Å². The Morgan fingerprint density at radius 3 is 3.00 bits per heavy atom. The maximum Gasteiger partial charge on any atom is 0.321 e. The monoisotopic (exact) mass is 254 g/mol. The summed E-state index contributed by atoms with van der Waals surface area (Å²) < 4.78 is 5.32. The van der Waals surface area contributed by atoms with E-state index in [4.69, 9.17) is 16.3 Å². The fraction of sp³-hybridized carbons (Fsp3) is 0.417. The molecule has 0 aliphatic carbocycles. The van der Waals surface area contributed by atoms with Crippen LogP contribution in [0.4, 0.5) is 10.5 Å². The second-order valence-corrected chi connectivity index (χ2v) is 4.50. The zero-order valence-electron chi connectivity index (χ0n) is 9.63. The number of halogens is 1. The molecule has 92 valence electrons. The first-order chi connectivity index (χ1) is 8.15. The lowest BCUT2D eigenvalue weighted by Gasteiger charge is -2.14. The molecule has 17 heavy (non-hydrogen) atoms. The van der Waals surface area contributed by atoms with Crippen LogP contribution in [0.1, 0.15) is 18.4 Å². The summed E-state index contributed by atoms with van der Waals surface area (Å²) in [4.78, 5) is 11.7. The minimum atomic E-state index is -0.248. The Kier molecular flexibility index (Phi) is 3.86. The third-order valence-electron chi connectivity index (χ3n) is 2.66. The predicted octanol–water partition coefficient (Wildman–Crippen LogP) is 2.91. The highest BCUT2D eigenvalue weighted by Crippen LogP contribution is 2.19. The van der Waals surface area contributed by atoms with Gasteiger partial charge in [-0.2, -0.15) is 0 Å². The van der Waals surface area contributed by atoms with Crippen molar-refractivity contribution in [1.29, 1.82) is 0 Å². The first-order valence-electron chi connectivity index (χ1n) is 5.60. The van der Waals surface area contributed by atoms with E-state index in [0.717, 1.165) is 24.1 Å². The van der Waals surface area contributed by atoms with Gasteiger partial charge in [0.25, 0.3) is 0 Å². The van der Waals surface area contributed by atoms with E-state index in [1.54, 1.807) is 12.1 Å². The predicted molar refractivity (Wildman–Crippen MR) is 67.3 cm³/mol. The van der Waals surface area contributed by atoms with Crippen LogP contribution in [0.5, 0.6) is 0 Å². The van der Waals surface area contributed by atoms with Crippen LogP contribution in [0.15, 0.2) is 18.2 Å². The van der Waals surface area contributed by atoms with Gasteiger partial charge in [0.15, 0.2) is 0 Å². The lowest BCUT2D eigenvalue weighted by molar-refractivity contribution is 0.0928. The lowest BCUT2D eigenvalue weighted by Crippen LogP contribution is -2.37. The second kappa shape index (κ2) is 5.38. The summed E-state index contributed by atoms with van der Waals surface area (Å²) in [5.74, 6) is 0. The number of urea groups is 1. The molecular weight excluding hydrogens is 240 g/mol. The highest BCUT2D eigenvalue weighted by atomic mass is 35.5. The molecule has 2 amide bonds. The number of benzene rings is 1. The van der Waals surface area contributed by atoms with Crippen LogP contribution >= 0.6 is 11.6 Å². The Hall–Kier alpha value is -1.26. The van der Waals surface area contributed by atoms with Crippen molar-refractivity contribution < 1.29 is 9.53 Å². The van der Waals surface area contributed by atoms with Gasteiger partial charge in [0.2, 0.25) is 0 Å². The molecule has 0 radical (unpaired) electrons. The van der Waals surface area contributed by atoms with Gasteiger partial charge in [0.05, 0.1) is 0 Å². The van der Waals surface area contributed by atoms with Crippen molar-refractivity contribution in [3.05, 3.63) is 28.8 Å². The van der Waals surface area contributed by atoms with Gasteiger partial charge < -0.3 is 15.4 Å². The third-order valence-corrected chi connectivity index (χ3v) is 2.89. The normalized spacial score (nSPS) is 19.1. The van der Waals surface area contributed by atoms with Crippen LogP contribution in [0.3, 0.4) is 0 Å².